The Kier molecular flexibility index (Phi) is 4.49. The smallest absolute Gasteiger partial charge is 0.320 e. The molecule has 114 valence electrons. The summed E-state index contributed by atoms with van der Waals surface area (Å²) in [5, 5.41) is 9.16. The molecule has 0 aromatic carbocycles. The summed E-state index contributed by atoms with van der Waals surface area (Å²) in [5.41, 5.74) is 0. The lowest BCUT2D eigenvalue weighted by Gasteiger charge is -2.39. The molecule has 1 N–H and O–H groups in total. The van der Waals surface area contributed by atoms with Crippen LogP contribution >= 0.6 is 0 Å². The number of morpholine rings is 1. The van der Waals surface area contributed by atoms with Gasteiger partial charge in [-0.15, -0.1) is 0 Å². The second-order valence-electron chi connectivity index (χ2n) is 5.61. The molecule has 2 heterocycles. The Morgan fingerprint density at radius 3 is 2.35 bits per heavy atom. The molecule has 20 heavy (non-hydrogen) atoms. The SMILES string of the molecule is CC1CN(C(=O)N(C)C2COCC2C(=O)O)CC(C)O1. The molecule has 4 atom stereocenters. The van der Waals surface area contributed by atoms with Gasteiger partial charge in [-0.2, -0.15) is 0 Å². The predicted octanol–water partition coefficient (Wildman–Crippen LogP) is 0.247. The van der Waals surface area contributed by atoms with Gasteiger partial charge < -0.3 is 24.4 Å². The average molecular weight is 286 g/mol. The fourth-order valence-electron chi connectivity index (χ4n) is 2.86. The molecule has 0 saturated carbocycles. The van der Waals surface area contributed by atoms with Gasteiger partial charge >= 0.3 is 12.0 Å². The fraction of sp³-hybridized carbons (Fsp3) is 0.846. The summed E-state index contributed by atoms with van der Waals surface area (Å²) in [6, 6.07) is -0.567. The maximum Gasteiger partial charge on any atom is 0.320 e. The number of nitrogens with zero attached hydrogens (tertiary/aromatic N) is 2. The largest absolute Gasteiger partial charge is 0.481 e. The highest BCUT2D eigenvalue weighted by Gasteiger charge is 2.40. The Morgan fingerprint density at radius 1 is 1.20 bits per heavy atom. The van der Waals surface area contributed by atoms with Crippen LogP contribution in [0.15, 0.2) is 0 Å². The lowest BCUT2D eigenvalue weighted by atomic mass is 10.0. The van der Waals surface area contributed by atoms with Gasteiger partial charge in [-0.25, -0.2) is 4.79 Å². The van der Waals surface area contributed by atoms with E-state index in [2.05, 4.69) is 0 Å². The number of amides is 2. The van der Waals surface area contributed by atoms with Crippen molar-refractivity contribution >= 4 is 12.0 Å². The van der Waals surface area contributed by atoms with Gasteiger partial charge in [-0.3, -0.25) is 4.79 Å². The van der Waals surface area contributed by atoms with Crippen molar-refractivity contribution in [3.63, 3.8) is 0 Å². The van der Waals surface area contributed by atoms with E-state index >= 15 is 0 Å². The van der Waals surface area contributed by atoms with E-state index in [4.69, 9.17) is 14.6 Å². The van der Waals surface area contributed by atoms with Crippen molar-refractivity contribution in [1.29, 1.82) is 0 Å². The summed E-state index contributed by atoms with van der Waals surface area (Å²) < 4.78 is 10.8. The number of ether oxygens (including phenoxy) is 2. The second-order valence-corrected chi connectivity index (χ2v) is 5.61. The van der Waals surface area contributed by atoms with Crippen molar-refractivity contribution in [2.24, 2.45) is 5.92 Å². The van der Waals surface area contributed by atoms with E-state index in [1.54, 1.807) is 11.9 Å². The zero-order valence-corrected chi connectivity index (χ0v) is 12.1. The Balaban J connectivity index is 2.02. The summed E-state index contributed by atoms with van der Waals surface area (Å²) in [6.45, 7) is 5.34. The highest BCUT2D eigenvalue weighted by Crippen LogP contribution is 2.21. The van der Waals surface area contributed by atoms with Gasteiger partial charge in [-0.1, -0.05) is 0 Å². The predicted molar refractivity (Wildman–Crippen MR) is 70.5 cm³/mol. The van der Waals surface area contributed by atoms with Crippen LogP contribution in [0.3, 0.4) is 0 Å². The zero-order valence-electron chi connectivity index (χ0n) is 12.1. The molecule has 2 amide bonds. The van der Waals surface area contributed by atoms with Gasteiger partial charge in [0.05, 0.1) is 31.5 Å². The first-order valence-electron chi connectivity index (χ1n) is 6.88. The van der Waals surface area contributed by atoms with Gasteiger partial charge in [0.15, 0.2) is 0 Å². The maximum atomic E-state index is 12.5. The van der Waals surface area contributed by atoms with E-state index in [9.17, 15) is 9.59 Å². The number of carbonyl (C=O) groups is 2. The minimum absolute atomic E-state index is 0.00815. The molecular weight excluding hydrogens is 264 g/mol. The molecule has 2 rings (SSSR count). The Bertz CT molecular complexity index is 379. The Labute approximate surface area is 118 Å². The van der Waals surface area contributed by atoms with Crippen molar-refractivity contribution < 1.29 is 24.2 Å². The number of carbonyl (C=O) groups excluding carboxylic acids is 1. The molecule has 7 heteroatoms. The second kappa shape index (κ2) is 5.97. The molecule has 2 saturated heterocycles. The molecule has 2 aliphatic rings. The van der Waals surface area contributed by atoms with Crippen LogP contribution in [-0.2, 0) is 14.3 Å². The van der Waals surface area contributed by atoms with Crippen LogP contribution in [0.5, 0.6) is 0 Å². The monoisotopic (exact) mass is 286 g/mol. The van der Waals surface area contributed by atoms with Crippen LogP contribution in [-0.4, -0.2) is 78.5 Å². The van der Waals surface area contributed by atoms with Crippen LogP contribution in [0.1, 0.15) is 13.8 Å². The minimum Gasteiger partial charge on any atom is -0.481 e. The highest BCUT2D eigenvalue weighted by molar-refractivity contribution is 5.77. The van der Waals surface area contributed by atoms with Crippen LogP contribution in [0, 0.1) is 5.92 Å². The fourth-order valence-corrected chi connectivity index (χ4v) is 2.86. The van der Waals surface area contributed by atoms with Crippen molar-refractivity contribution in [3.8, 4) is 0 Å². The molecule has 0 aromatic heterocycles. The molecule has 0 radical (unpaired) electrons. The zero-order chi connectivity index (χ0) is 14.9. The Hall–Kier alpha value is -1.34. The maximum absolute atomic E-state index is 12.5. The third kappa shape index (κ3) is 3.04. The number of rotatable bonds is 2. The van der Waals surface area contributed by atoms with Crippen molar-refractivity contribution in [1.82, 2.24) is 9.80 Å². The van der Waals surface area contributed by atoms with Crippen LogP contribution in [0.25, 0.3) is 0 Å². The summed E-state index contributed by atoms with van der Waals surface area (Å²) in [6.07, 6.45) is -0.0163. The van der Waals surface area contributed by atoms with Crippen molar-refractivity contribution in [2.45, 2.75) is 32.1 Å². The number of aliphatic carboxylic acids is 1. The van der Waals surface area contributed by atoms with Crippen LogP contribution in [0.4, 0.5) is 4.79 Å². The number of urea groups is 1. The minimum atomic E-state index is -0.920. The van der Waals surface area contributed by atoms with E-state index in [0.29, 0.717) is 13.1 Å². The number of hydrogen-bond donors (Lipinski definition) is 1. The van der Waals surface area contributed by atoms with E-state index in [1.165, 1.54) is 4.90 Å². The van der Waals surface area contributed by atoms with Crippen molar-refractivity contribution in [2.75, 3.05) is 33.4 Å². The molecule has 0 aliphatic carbocycles. The molecule has 4 unspecified atom stereocenters. The highest BCUT2D eigenvalue weighted by atomic mass is 16.5. The number of hydrogen-bond acceptors (Lipinski definition) is 4. The third-order valence-corrected chi connectivity index (χ3v) is 3.86. The number of likely N-dealkylation sites (N-methyl/N-ethyl adjacent to an activating group) is 1. The molecule has 7 nitrogen and oxygen atoms in total. The standard InChI is InChI=1S/C13H22N2O5/c1-8-4-15(5-9(2)20-8)13(18)14(3)11-7-19-6-10(11)12(16)17/h8-11H,4-7H2,1-3H3,(H,16,17). The van der Waals surface area contributed by atoms with Gasteiger partial charge in [0.1, 0.15) is 5.92 Å². The molecule has 0 aromatic rings. The van der Waals surface area contributed by atoms with Crippen LogP contribution < -0.4 is 0 Å². The van der Waals surface area contributed by atoms with Crippen LogP contribution in [0.2, 0.25) is 0 Å². The first-order valence-corrected chi connectivity index (χ1v) is 6.88. The summed E-state index contributed by atoms with van der Waals surface area (Å²) >= 11 is 0. The molecule has 2 aliphatic heterocycles. The Morgan fingerprint density at radius 2 is 1.80 bits per heavy atom. The molecule has 0 spiro atoms. The van der Waals surface area contributed by atoms with E-state index in [0.717, 1.165) is 0 Å². The summed E-state index contributed by atoms with van der Waals surface area (Å²) in [4.78, 5) is 26.9. The van der Waals surface area contributed by atoms with E-state index in [1.807, 2.05) is 13.8 Å². The van der Waals surface area contributed by atoms with Crippen molar-refractivity contribution in [3.05, 3.63) is 0 Å². The number of carboxylic acid groups (broad SMARTS) is 1. The van der Waals surface area contributed by atoms with E-state index < -0.39 is 17.9 Å². The average Bonchev–Trinajstić information content (AvgIpc) is 2.85. The van der Waals surface area contributed by atoms with Gasteiger partial charge in [-0.05, 0) is 13.8 Å². The lowest BCUT2D eigenvalue weighted by molar-refractivity contribution is -0.142. The van der Waals surface area contributed by atoms with Gasteiger partial charge in [0.2, 0.25) is 0 Å². The molecule has 2 fully saturated rings. The first-order chi connectivity index (χ1) is 9.40. The number of carboxylic acids is 1. The van der Waals surface area contributed by atoms with Gasteiger partial charge in [0, 0.05) is 20.1 Å². The summed E-state index contributed by atoms with van der Waals surface area (Å²) in [7, 11) is 1.64. The third-order valence-electron chi connectivity index (χ3n) is 3.86. The topological polar surface area (TPSA) is 79.3 Å². The summed E-state index contributed by atoms with van der Waals surface area (Å²) in [5.74, 6) is -1.57. The molecular formula is C13H22N2O5. The van der Waals surface area contributed by atoms with E-state index in [-0.39, 0.29) is 31.5 Å². The molecule has 0 bridgehead atoms. The first kappa shape index (κ1) is 15.1. The normalized spacial score (nSPS) is 34.0. The quantitative estimate of drug-likeness (QED) is 0.787. The lowest BCUT2D eigenvalue weighted by Crippen LogP contribution is -2.55. The van der Waals surface area contributed by atoms with Gasteiger partial charge in [0.25, 0.3) is 0 Å².